The van der Waals surface area contributed by atoms with Crippen LogP contribution in [0.4, 0.5) is 0 Å². The van der Waals surface area contributed by atoms with Crippen molar-refractivity contribution in [1.82, 2.24) is 16.0 Å². The second kappa shape index (κ2) is 13.5. The first-order chi connectivity index (χ1) is 11.5. The summed E-state index contributed by atoms with van der Waals surface area (Å²) < 4.78 is 0. The number of carbonyl (C=O) groups excluding carboxylic acids is 2. The molecule has 0 radical (unpaired) electrons. The maximum absolute atomic E-state index is 12.4. The Morgan fingerprint density at radius 2 is 1.96 bits per heavy atom. The Bertz CT molecular complexity index is 561. The topological polar surface area (TPSA) is 70.2 Å². The fourth-order valence-corrected chi connectivity index (χ4v) is 2.95. The fourth-order valence-electron chi connectivity index (χ4n) is 1.99. The Balaban J connectivity index is 0.00000576. The van der Waals surface area contributed by atoms with Crippen LogP contribution in [0.5, 0.6) is 0 Å². The molecule has 0 aliphatic rings. The molecule has 0 fully saturated rings. The molecule has 1 aromatic carbocycles. The first-order valence-corrected chi connectivity index (χ1v) is 9.87. The van der Waals surface area contributed by atoms with Gasteiger partial charge >= 0.3 is 0 Å². The second-order valence-electron chi connectivity index (χ2n) is 5.08. The average molecular weight is 429 g/mol. The van der Waals surface area contributed by atoms with E-state index in [1.165, 1.54) is 6.07 Å². The van der Waals surface area contributed by atoms with Crippen LogP contribution in [0.1, 0.15) is 23.7 Å². The predicted octanol–water partition coefficient (Wildman–Crippen LogP) is 2.99. The number of rotatable bonds is 10. The van der Waals surface area contributed by atoms with E-state index >= 15 is 0 Å². The maximum Gasteiger partial charge on any atom is 0.253 e. The molecule has 1 atom stereocenters. The highest BCUT2D eigenvalue weighted by atomic mass is 35.5. The van der Waals surface area contributed by atoms with Crippen LogP contribution >= 0.6 is 47.4 Å². The van der Waals surface area contributed by atoms with E-state index in [0.717, 1.165) is 12.3 Å². The summed E-state index contributed by atoms with van der Waals surface area (Å²) in [7, 11) is 0. The van der Waals surface area contributed by atoms with Crippen molar-refractivity contribution in [2.24, 2.45) is 0 Å². The number of thioether (sulfide) groups is 1. The van der Waals surface area contributed by atoms with Gasteiger partial charge in [-0.3, -0.25) is 9.59 Å². The van der Waals surface area contributed by atoms with Crippen LogP contribution < -0.4 is 16.0 Å². The van der Waals surface area contributed by atoms with Crippen LogP contribution in [0.25, 0.3) is 0 Å². The average Bonchev–Trinajstić information content (AvgIpc) is 2.55. The van der Waals surface area contributed by atoms with E-state index in [2.05, 4.69) is 16.0 Å². The van der Waals surface area contributed by atoms with E-state index < -0.39 is 6.04 Å². The molecule has 0 aliphatic heterocycles. The van der Waals surface area contributed by atoms with Crippen molar-refractivity contribution in [3.05, 3.63) is 33.8 Å². The highest BCUT2D eigenvalue weighted by Crippen LogP contribution is 2.21. The SMILES string of the molecule is CCNCCNC(=O)C(CCSC)NC(=O)c1ccc(Cl)cc1Cl.Cl. The lowest BCUT2D eigenvalue weighted by atomic mass is 10.1. The molecule has 0 heterocycles. The third-order valence-corrected chi connectivity index (χ3v) is 4.45. The number of hydrogen-bond donors (Lipinski definition) is 3. The number of likely N-dealkylation sites (N-methyl/N-ethyl adjacent to an activating group) is 1. The van der Waals surface area contributed by atoms with E-state index in [1.807, 2.05) is 13.2 Å². The van der Waals surface area contributed by atoms with Gasteiger partial charge in [-0.05, 0) is 43.2 Å². The van der Waals surface area contributed by atoms with Gasteiger partial charge in [0.05, 0.1) is 10.6 Å². The molecule has 0 aromatic heterocycles. The van der Waals surface area contributed by atoms with Crippen LogP contribution in [0.2, 0.25) is 10.0 Å². The third kappa shape index (κ3) is 9.01. The molecule has 0 bridgehead atoms. The Morgan fingerprint density at radius 3 is 2.56 bits per heavy atom. The lowest BCUT2D eigenvalue weighted by Gasteiger charge is -2.18. The molecular formula is C16H24Cl3N3O2S. The summed E-state index contributed by atoms with van der Waals surface area (Å²) in [4.78, 5) is 24.7. The second-order valence-corrected chi connectivity index (χ2v) is 6.91. The largest absolute Gasteiger partial charge is 0.353 e. The lowest BCUT2D eigenvalue weighted by molar-refractivity contribution is -0.122. The quantitative estimate of drug-likeness (QED) is 0.501. The molecule has 1 unspecified atom stereocenters. The first-order valence-electron chi connectivity index (χ1n) is 7.72. The van der Waals surface area contributed by atoms with Gasteiger partial charge < -0.3 is 16.0 Å². The summed E-state index contributed by atoms with van der Waals surface area (Å²) in [6, 6.07) is 4.05. The van der Waals surface area contributed by atoms with Crippen molar-refractivity contribution in [2.45, 2.75) is 19.4 Å². The summed E-state index contributed by atoms with van der Waals surface area (Å²) in [6.45, 7) is 4.05. The van der Waals surface area contributed by atoms with Crippen LogP contribution in [-0.2, 0) is 4.79 Å². The van der Waals surface area contributed by atoms with Gasteiger partial charge in [-0.25, -0.2) is 0 Å². The molecule has 5 nitrogen and oxygen atoms in total. The van der Waals surface area contributed by atoms with Gasteiger partial charge in [0.1, 0.15) is 6.04 Å². The van der Waals surface area contributed by atoms with Crippen molar-refractivity contribution in [3.8, 4) is 0 Å². The summed E-state index contributed by atoms with van der Waals surface area (Å²) in [6.07, 6.45) is 2.50. The van der Waals surface area contributed by atoms with Crippen molar-refractivity contribution in [2.75, 3.05) is 31.6 Å². The van der Waals surface area contributed by atoms with Gasteiger partial charge in [-0.1, -0.05) is 30.1 Å². The molecule has 1 rings (SSSR count). The standard InChI is InChI=1S/C16H23Cl2N3O2S.ClH/c1-3-19-7-8-20-16(23)14(6-9-24-2)21-15(22)12-5-4-11(17)10-13(12)18;/h4-5,10,14,19H,3,6-9H2,1-2H3,(H,20,23)(H,21,22);1H. The van der Waals surface area contributed by atoms with Gasteiger partial charge in [0.2, 0.25) is 5.91 Å². The Labute approximate surface area is 169 Å². The number of hydrogen-bond acceptors (Lipinski definition) is 4. The fraction of sp³-hybridized carbons (Fsp3) is 0.500. The zero-order valence-electron chi connectivity index (χ0n) is 14.2. The number of carbonyl (C=O) groups is 2. The summed E-state index contributed by atoms with van der Waals surface area (Å²) >= 11 is 13.5. The molecule has 25 heavy (non-hydrogen) atoms. The zero-order chi connectivity index (χ0) is 17.9. The van der Waals surface area contributed by atoms with Gasteiger partial charge in [0, 0.05) is 18.1 Å². The van der Waals surface area contributed by atoms with Crippen molar-refractivity contribution >= 4 is 59.2 Å². The molecular weight excluding hydrogens is 405 g/mol. The number of halogens is 3. The van der Waals surface area contributed by atoms with E-state index in [1.54, 1.807) is 23.9 Å². The first kappa shape index (κ1) is 24.3. The predicted molar refractivity (Wildman–Crippen MR) is 110 cm³/mol. The Kier molecular flexibility index (Phi) is 13.2. The van der Waals surface area contributed by atoms with Crippen LogP contribution in [-0.4, -0.2) is 49.5 Å². The van der Waals surface area contributed by atoms with Gasteiger partial charge in [-0.2, -0.15) is 11.8 Å². The normalized spacial score (nSPS) is 11.4. The van der Waals surface area contributed by atoms with Crippen molar-refractivity contribution in [3.63, 3.8) is 0 Å². The highest BCUT2D eigenvalue weighted by molar-refractivity contribution is 7.98. The monoisotopic (exact) mass is 427 g/mol. The number of nitrogens with one attached hydrogen (secondary N) is 3. The van der Waals surface area contributed by atoms with E-state index in [-0.39, 0.29) is 29.2 Å². The van der Waals surface area contributed by atoms with E-state index in [4.69, 9.17) is 23.2 Å². The maximum atomic E-state index is 12.4. The molecule has 1 aromatic rings. The van der Waals surface area contributed by atoms with Crippen LogP contribution in [0.15, 0.2) is 18.2 Å². The highest BCUT2D eigenvalue weighted by Gasteiger charge is 2.22. The molecule has 0 spiro atoms. The summed E-state index contributed by atoms with van der Waals surface area (Å²) in [5, 5.41) is 9.43. The summed E-state index contributed by atoms with van der Waals surface area (Å²) in [5.41, 5.74) is 0.302. The van der Waals surface area contributed by atoms with Crippen LogP contribution in [0.3, 0.4) is 0 Å². The van der Waals surface area contributed by atoms with Crippen molar-refractivity contribution in [1.29, 1.82) is 0 Å². The molecule has 2 amide bonds. The van der Waals surface area contributed by atoms with Gasteiger partial charge in [-0.15, -0.1) is 12.4 Å². The Morgan fingerprint density at radius 1 is 1.24 bits per heavy atom. The zero-order valence-corrected chi connectivity index (χ0v) is 17.4. The molecule has 0 saturated heterocycles. The molecule has 142 valence electrons. The lowest BCUT2D eigenvalue weighted by Crippen LogP contribution is -2.48. The van der Waals surface area contributed by atoms with Gasteiger partial charge in [0.25, 0.3) is 5.91 Å². The van der Waals surface area contributed by atoms with E-state index in [9.17, 15) is 9.59 Å². The molecule has 3 N–H and O–H groups in total. The minimum Gasteiger partial charge on any atom is -0.353 e. The molecule has 0 saturated carbocycles. The minimum absolute atomic E-state index is 0. The van der Waals surface area contributed by atoms with Crippen LogP contribution in [0, 0.1) is 0 Å². The Hall–Kier alpha value is -0.660. The number of amides is 2. The molecule has 9 heteroatoms. The molecule has 0 aliphatic carbocycles. The smallest absolute Gasteiger partial charge is 0.253 e. The third-order valence-electron chi connectivity index (χ3n) is 3.26. The summed E-state index contributed by atoms with van der Waals surface area (Å²) in [5.74, 6) is 0.185. The van der Waals surface area contributed by atoms with Gasteiger partial charge in [0.15, 0.2) is 0 Å². The van der Waals surface area contributed by atoms with E-state index in [0.29, 0.717) is 30.1 Å². The minimum atomic E-state index is -0.599. The van der Waals surface area contributed by atoms with Crippen molar-refractivity contribution < 1.29 is 9.59 Å². The number of benzene rings is 1.